The van der Waals surface area contributed by atoms with Crippen molar-refractivity contribution in [2.45, 2.75) is 32.4 Å². The summed E-state index contributed by atoms with van der Waals surface area (Å²) in [5.41, 5.74) is 0.921. The molecule has 0 aromatic heterocycles. The van der Waals surface area contributed by atoms with Gasteiger partial charge in [-0.3, -0.25) is 9.59 Å². The molecule has 1 aromatic rings. The van der Waals surface area contributed by atoms with E-state index in [2.05, 4.69) is 5.32 Å². The predicted octanol–water partition coefficient (Wildman–Crippen LogP) is 0.573. The number of carbonyl (C=O) groups is 2. The molecule has 2 rings (SSSR count). The van der Waals surface area contributed by atoms with E-state index in [9.17, 15) is 14.7 Å². The molecule has 5 nitrogen and oxygen atoms in total. The normalized spacial score (nSPS) is 16.5. The lowest BCUT2D eigenvalue weighted by Crippen LogP contribution is -2.60. The second kappa shape index (κ2) is 6.72. The summed E-state index contributed by atoms with van der Waals surface area (Å²) in [6.45, 7) is 4.52. The first-order chi connectivity index (χ1) is 9.97. The monoisotopic (exact) mass is 290 g/mol. The van der Waals surface area contributed by atoms with Gasteiger partial charge in [0.05, 0.1) is 12.5 Å². The number of β-amino-alcohol motifs (C(OH)–C–C–N with tert-alkyl or cyclic N) is 1. The highest BCUT2D eigenvalue weighted by atomic mass is 16.3. The Morgan fingerprint density at radius 2 is 1.90 bits per heavy atom. The van der Waals surface area contributed by atoms with Crippen LogP contribution in [0.1, 0.15) is 19.4 Å². The Hall–Kier alpha value is -1.88. The highest BCUT2D eigenvalue weighted by molar-refractivity contribution is 5.89. The van der Waals surface area contributed by atoms with Crippen molar-refractivity contribution in [1.82, 2.24) is 10.2 Å². The van der Waals surface area contributed by atoms with Gasteiger partial charge in [-0.25, -0.2) is 0 Å². The maximum Gasteiger partial charge on any atom is 0.245 e. The van der Waals surface area contributed by atoms with Gasteiger partial charge in [0, 0.05) is 13.1 Å². The van der Waals surface area contributed by atoms with Crippen molar-refractivity contribution in [3.8, 4) is 0 Å². The number of nitrogens with one attached hydrogen (secondary N) is 1. The van der Waals surface area contributed by atoms with E-state index >= 15 is 0 Å². The van der Waals surface area contributed by atoms with Gasteiger partial charge < -0.3 is 15.3 Å². The maximum atomic E-state index is 12.3. The smallest absolute Gasteiger partial charge is 0.245 e. The molecule has 1 heterocycles. The van der Waals surface area contributed by atoms with Gasteiger partial charge in [0.15, 0.2) is 0 Å². The fourth-order valence-electron chi connectivity index (χ4n) is 2.35. The van der Waals surface area contributed by atoms with Crippen molar-refractivity contribution in [2.75, 3.05) is 13.1 Å². The van der Waals surface area contributed by atoms with E-state index < -0.39 is 12.1 Å². The lowest BCUT2D eigenvalue weighted by atomic mass is 10.00. The third kappa shape index (κ3) is 4.04. The SMILES string of the molecule is CC(C)C(NC(=O)Cc1ccccc1)C(=O)N1CC(O)C1. The molecule has 1 aromatic carbocycles. The van der Waals surface area contributed by atoms with Crippen LogP contribution in [-0.2, 0) is 16.0 Å². The number of carbonyl (C=O) groups excluding carboxylic acids is 2. The lowest BCUT2D eigenvalue weighted by molar-refractivity contribution is -0.146. The number of hydrogen-bond donors (Lipinski definition) is 2. The third-order valence-electron chi connectivity index (χ3n) is 3.63. The van der Waals surface area contributed by atoms with Crippen LogP contribution in [0.4, 0.5) is 0 Å². The van der Waals surface area contributed by atoms with Crippen molar-refractivity contribution in [3.05, 3.63) is 35.9 Å². The topological polar surface area (TPSA) is 69.6 Å². The Kier molecular flexibility index (Phi) is 4.96. The lowest BCUT2D eigenvalue weighted by Gasteiger charge is -2.39. The molecule has 2 amide bonds. The van der Waals surface area contributed by atoms with Crippen LogP contribution in [-0.4, -0.2) is 47.1 Å². The Balaban J connectivity index is 1.93. The van der Waals surface area contributed by atoms with E-state index in [0.29, 0.717) is 13.1 Å². The van der Waals surface area contributed by atoms with Gasteiger partial charge in [0.1, 0.15) is 6.04 Å². The summed E-state index contributed by atoms with van der Waals surface area (Å²) in [5, 5.41) is 12.1. The number of likely N-dealkylation sites (tertiary alicyclic amines) is 1. The van der Waals surface area contributed by atoms with Crippen molar-refractivity contribution < 1.29 is 14.7 Å². The number of benzene rings is 1. The first kappa shape index (κ1) is 15.5. The molecular formula is C16H22N2O3. The molecule has 2 N–H and O–H groups in total. The van der Waals surface area contributed by atoms with Crippen molar-refractivity contribution in [3.63, 3.8) is 0 Å². The van der Waals surface area contributed by atoms with Crippen molar-refractivity contribution in [1.29, 1.82) is 0 Å². The molecule has 1 aliphatic heterocycles. The number of aliphatic hydroxyl groups excluding tert-OH is 1. The fourth-order valence-corrected chi connectivity index (χ4v) is 2.35. The molecule has 1 saturated heterocycles. The minimum absolute atomic E-state index is 0.00923. The molecule has 0 saturated carbocycles. The number of aliphatic hydroxyl groups is 1. The zero-order chi connectivity index (χ0) is 15.4. The maximum absolute atomic E-state index is 12.3. The zero-order valence-electron chi connectivity index (χ0n) is 12.5. The van der Waals surface area contributed by atoms with Gasteiger partial charge in [-0.15, -0.1) is 0 Å². The summed E-state index contributed by atoms with van der Waals surface area (Å²) in [7, 11) is 0. The summed E-state index contributed by atoms with van der Waals surface area (Å²) in [4.78, 5) is 26.0. The van der Waals surface area contributed by atoms with Crippen molar-refractivity contribution in [2.24, 2.45) is 5.92 Å². The van der Waals surface area contributed by atoms with Crippen LogP contribution >= 0.6 is 0 Å². The zero-order valence-corrected chi connectivity index (χ0v) is 12.5. The Morgan fingerprint density at radius 3 is 2.43 bits per heavy atom. The molecule has 1 aliphatic rings. The van der Waals surface area contributed by atoms with E-state index in [1.165, 1.54) is 0 Å². The van der Waals surface area contributed by atoms with E-state index in [0.717, 1.165) is 5.56 Å². The quantitative estimate of drug-likeness (QED) is 0.833. The second-order valence-corrected chi connectivity index (χ2v) is 5.85. The van der Waals surface area contributed by atoms with Crippen LogP contribution < -0.4 is 5.32 Å². The molecular weight excluding hydrogens is 268 g/mol. The van der Waals surface area contributed by atoms with Crippen LogP contribution in [0, 0.1) is 5.92 Å². The van der Waals surface area contributed by atoms with E-state index in [1.807, 2.05) is 44.2 Å². The van der Waals surface area contributed by atoms with E-state index in [1.54, 1.807) is 4.90 Å². The van der Waals surface area contributed by atoms with Crippen LogP contribution in [0.5, 0.6) is 0 Å². The van der Waals surface area contributed by atoms with Gasteiger partial charge in [0.2, 0.25) is 11.8 Å². The largest absolute Gasteiger partial charge is 0.389 e. The predicted molar refractivity (Wildman–Crippen MR) is 79.5 cm³/mol. The fraction of sp³-hybridized carbons (Fsp3) is 0.500. The summed E-state index contributed by atoms with van der Waals surface area (Å²) in [5.74, 6) is -0.263. The van der Waals surface area contributed by atoms with Crippen LogP contribution in [0.2, 0.25) is 0 Å². The first-order valence-corrected chi connectivity index (χ1v) is 7.27. The van der Waals surface area contributed by atoms with Crippen molar-refractivity contribution >= 4 is 11.8 Å². The highest BCUT2D eigenvalue weighted by Crippen LogP contribution is 2.13. The Morgan fingerprint density at radius 1 is 1.29 bits per heavy atom. The van der Waals surface area contributed by atoms with Gasteiger partial charge in [-0.05, 0) is 11.5 Å². The Labute approximate surface area is 125 Å². The van der Waals surface area contributed by atoms with Gasteiger partial charge in [0.25, 0.3) is 0 Å². The molecule has 0 radical (unpaired) electrons. The van der Waals surface area contributed by atoms with Gasteiger partial charge in [-0.1, -0.05) is 44.2 Å². The molecule has 0 bridgehead atoms. The van der Waals surface area contributed by atoms with E-state index in [4.69, 9.17) is 0 Å². The molecule has 1 unspecified atom stereocenters. The molecule has 0 spiro atoms. The molecule has 1 fully saturated rings. The summed E-state index contributed by atoms with van der Waals surface area (Å²) >= 11 is 0. The average molecular weight is 290 g/mol. The van der Waals surface area contributed by atoms with E-state index in [-0.39, 0.29) is 24.2 Å². The number of rotatable bonds is 5. The Bertz CT molecular complexity index is 496. The average Bonchev–Trinajstić information content (AvgIpc) is 2.41. The molecule has 1 atom stereocenters. The standard InChI is InChI=1S/C16H22N2O3/c1-11(2)15(16(21)18-9-13(19)10-18)17-14(20)8-12-6-4-3-5-7-12/h3-7,11,13,15,19H,8-10H2,1-2H3,(H,17,20). The third-order valence-corrected chi connectivity index (χ3v) is 3.63. The van der Waals surface area contributed by atoms with Crippen LogP contribution in [0.25, 0.3) is 0 Å². The number of nitrogens with zero attached hydrogens (tertiary/aromatic N) is 1. The molecule has 21 heavy (non-hydrogen) atoms. The summed E-state index contributed by atoms with van der Waals surface area (Å²) in [6, 6.07) is 8.91. The van der Waals surface area contributed by atoms with Gasteiger partial charge in [-0.2, -0.15) is 0 Å². The minimum Gasteiger partial charge on any atom is -0.389 e. The van der Waals surface area contributed by atoms with Gasteiger partial charge >= 0.3 is 0 Å². The number of hydrogen-bond acceptors (Lipinski definition) is 3. The molecule has 5 heteroatoms. The first-order valence-electron chi connectivity index (χ1n) is 7.27. The van der Waals surface area contributed by atoms with Crippen LogP contribution in [0.3, 0.4) is 0 Å². The number of amides is 2. The molecule has 114 valence electrons. The minimum atomic E-state index is -0.534. The molecule has 0 aliphatic carbocycles. The second-order valence-electron chi connectivity index (χ2n) is 5.85. The highest BCUT2D eigenvalue weighted by Gasteiger charge is 2.35. The summed E-state index contributed by atoms with van der Waals surface area (Å²) < 4.78 is 0. The summed E-state index contributed by atoms with van der Waals surface area (Å²) in [6.07, 6.45) is -0.165. The van der Waals surface area contributed by atoms with Crippen LogP contribution in [0.15, 0.2) is 30.3 Å².